The lowest BCUT2D eigenvalue weighted by Crippen LogP contribution is -2.27. The van der Waals surface area contributed by atoms with Gasteiger partial charge < -0.3 is 10.3 Å². The fraction of sp³-hybridized carbons (Fsp3) is 0.158. The summed E-state index contributed by atoms with van der Waals surface area (Å²) in [6.07, 6.45) is 2.17. The summed E-state index contributed by atoms with van der Waals surface area (Å²) >= 11 is 7.08. The zero-order chi connectivity index (χ0) is 19.9. The second-order valence-corrected chi connectivity index (χ2v) is 7.24. The molecule has 0 bridgehead atoms. The number of carbonyl (C=O) groups is 2. The van der Waals surface area contributed by atoms with Crippen LogP contribution in [0.4, 0.5) is 5.13 Å². The predicted molar refractivity (Wildman–Crippen MR) is 109 cm³/mol. The van der Waals surface area contributed by atoms with Gasteiger partial charge in [0.05, 0.1) is 17.7 Å². The molecule has 1 aromatic carbocycles. The lowest BCUT2D eigenvalue weighted by atomic mass is 10.1. The normalized spacial score (nSPS) is 10.5. The molecule has 9 heteroatoms. The van der Waals surface area contributed by atoms with Gasteiger partial charge in [-0.1, -0.05) is 23.7 Å². The Bertz CT molecular complexity index is 1010. The van der Waals surface area contributed by atoms with Gasteiger partial charge in [0.1, 0.15) is 0 Å². The Hall–Kier alpha value is -2.97. The number of anilines is 1. The number of nitrogens with one attached hydrogen (secondary N) is 3. The molecule has 0 unspecified atom stereocenters. The zero-order valence-corrected chi connectivity index (χ0v) is 16.3. The first kappa shape index (κ1) is 19.8. The van der Waals surface area contributed by atoms with Gasteiger partial charge in [0.25, 0.3) is 5.91 Å². The van der Waals surface area contributed by atoms with Gasteiger partial charge in [-0.3, -0.25) is 19.7 Å². The second kappa shape index (κ2) is 9.29. The fourth-order valence-electron chi connectivity index (χ4n) is 2.39. The van der Waals surface area contributed by atoms with Crippen molar-refractivity contribution in [2.75, 3.05) is 11.9 Å². The van der Waals surface area contributed by atoms with E-state index in [2.05, 4.69) is 20.6 Å². The third-order valence-electron chi connectivity index (χ3n) is 3.81. The highest BCUT2D eigenvalue weighted by Gasteiger charge is 2.11. The van der Waals surface area contributed by atoms with Gasteiger partial charge in [-0.25, -0.2) is 4.98 Å². The Balaban J connectivity index is 1.46. The molecule has 0 aliphatic carbocycles. The average Bonchev–Trinajstić information content (AvgIpc) is 3.10. The van der Waals surface area contributed by atoms with E-state index in [0.29, 0.717) is 34.4 Å². The number of hydrogen-bond donors (Lipinski definition) is 3. The molecule has 2 aromatic heterocycles. The van der Waals surface area contributed by atoms with E-state index in [4.69, 9.17) is 11.6 Å². The van der Waals surface area contributed by atoms with Gasteiger partial charge in [-0.15, -0.1) is 11.3 Å². The summed E-state index contributed by atoms with van der Waals surface area (Å²) in [6, 6.07) is 10.2. The number of thiazole rings is 1. The minimum Gasteiger partial charge on any atom is -0.355 e. The highest BCUT2D eigenvalue weighted by molar-refractivity contribution is 7.14. The number of rotatable bonds is 7. The van der Waals surface area contributed by atoms with Crippen LogP contribution >= 0.6 is 22.9 Å². The van der Waals surface area contributed by atoms with Gasteiger partial charge in [0, 0.05) is 29.2 Å². The number of amides is 2. The number of H-pyrrole nitrogens is 1. The van der Waals surface area contributed by atoms with Crippen molar-refractivity contribution in [3.63, 3.8) is 0 Å². The molecular weight excluding hydrogens is 400 g/mol. The van der Waals surface area contributed by atoms with Crippen LogP contribution in [0.15, 0.2) is 52.8 Å². The van der Waals surface area contributed by atoms with E-state index in [9.17, 15) is 14.4 Å². The molecule has 2 heterocycles. The monoisotopic (exact) mass is 416 g/mol. The first-order chi connectivity index (χ1) is 13.5. The van der Waals surface area contributed by atoms with Crippen molar-refractivity contribution >= 4 is 39.9 Å². The lowest BCUT2D eigenvalue weighted by Gasteiger charge is -2.04. The third-order valence-corrected chi connectivity index (χ3v) is 4.87. The largest absolute Gasteiger partial charge is 0.355 e. The summed E-state index contributed by atoms with van der Waals surface area (Å²) in [7, 11) is 0. The summed E-state index contributed by atoms with van der Waals surface area (Å²) in [5, 5.41) is 8.28. The van der Waals surface area contributed by atoms with Crippen molar-refractivity contribution in [2.45, 2.75) is 12.8 Å². The van der Waals surface area contributed by atoms with Crippen LogP contribution in [0.3, 0.4) is 0 Å². The highest BCUT2D eigenvalue weighted by atomic mass is 35.5. The zero-order valence-electron chi connectivity index (χ0n) is 14.7. The molecule has 3 N–H and O–H groups in total. The Labute approximate surface area is 169 Å². The van der Waals surface area contributed by atoms with E-state index in [0.717, 1.165) is 5.56 Å². The van der Waals surface area contributed by atoms with Crippen LogP contribution in [0, 0.1) is 0 Å². The fourth-order valence-corrected chi connectivity index (χ4v) is 3.22. The first-order valence-corrected chi connectivity index (χ1v) is 9.71. The van der Waals surface area contributed by atoms with Crippen molar-refractivity contribution in [1.29, 1.82) is 0 Å². The van der Waals surface area contributed by atoms with E-state index in [-0.39, 0.29) is 23.8 Å². The Morgan fingerprint density at radius 2 is 1.93 bits per heavy atom. The van der Waals surface area contributed by atoms with Gasteiger partial charge >= 0.3 is 0 Å². The molecule has 144 valence electrons. The maximum Gasteiger partial charge on any atom is 0.258 e. The molecule has 7 nitrogen and oxygen atoms in total. The molecule has 0 atom stereocenters. The lowest BCUT2D eigenvalue weighted by molar-refractivity contribution is -0.120. The quantitative estimate of drug-likeness (QED) is 0.550. The summed E-state index contributed by atoms with van der Waals surface area (Å²) < 4.78 is 0. The molecule has 3 rings (SSSR count). The first-order valence-electron chi connectivity index (χ1n) is 8.45. The summed E-state index contributed by atoms with van der Waals surface area (Å²) in [4.78, 5) is 41.9. The van der Waals surface area contributed by atoms with Gasteiger partial charge in [0.2, 0.25) is 11.5 Å². The Morgan fingerprint density at radius 3 is 2.64 bits per heavy atom. The van der Waals surface area contributed by atoms with Crippen LogP contribution < -0.4 is 16.2 Å². The number of benzene rings is 1. The van der Waals surface area contributed by atoms with E-state index in [1.165, 1.54) is 29.7 Å². The number of carbonyl (C=O) groups excluding carboxylic acids is 2. The number of pyridine rings is 1. The molecule has 2 amide bonds. The van der Waals surface area contributed by atoms with E-state index >= 15 is 0 Å². The van der Waals surface area contributed by atoms with Gasteiger partial charge in [-0.05, 0) is 30.2 Å². The number of hydrogen-bond acceptors (Lipinski definition) is 5. The van der Waals surface area contributed by atoms with Crippen molar-refractivity contribution < 1.29 is 9.59 Å². The summed E-state index contributed by atoms with van der Waals surface area (Å²) in [6.45, 7) is 0.514. The number of aromatic amines is 1. The van der Waals surface area contributed by atoms with Crippen LogP contribution in [-0.4, -0.2) is 28.3 Å². The average molecular weight is 417 g/mol. The molecule has 28 heavy (non-hydrogen) atoms. The van der Waals surface area contributed by atoms with Crippen molar-refractivity contribution in [1.82, 2.24) is 15.3 Å². The number of nitrogens with zero attached hydrogens (tertiary/aromatic N) is 1. The molecule has 0 radical (unpaired) electrons. The molecule has 3 aromatic rings. The molecule has 0 aliphatic rings. The maximum atomic E-state index is 12.1. The van der Waals surface area contributed by atoms with Crippen LogP contribution in [0.2, 0.25) is 5.02 Å². The van der Waals surface area contributed by atoms with Crippen molar-refractivity contribution in [3.05, 3.63) is 80.2 Å². The molecule has 0 spiro atoms. The van der Waals surface area contributed by atoms with E-state index in [1.807, 2.05) is 24.3 Å². The minimum absolute atomic E-state index is 0.131. The topological polar surface area (TPSA) is 104 Å². The van der Waals surface area contributed by atoms with Gasteiger partial charge in [-0.2, -0.15) is 0 Å². The highest BCUT2D eigenvalue weighted by Crippen LogP contribution is 2.16. The predicted octanol–water partition coefficient (Wildman–Crippen LogP) is 2.64. The van der Waals surface area contributed by atoms with E-state index < -0.39 is 0 Å². The second-order valence-electron chi connectivity index (χ2n) is 5.94. The SMILES string of the molecule is O=C(Cc1csc(NC(=O)c2ccc(=O)[nH]c2)n1)NCCc1ccc(Cl)cc1. The smallest absolute Gasteiger partial charge is 0.258 e. The van der Waals surface area contributed by atoms with Crippen LogP contribution in [0.1, 0.15) is 21.6 Å². The minimum atomic E-state index is -0.385. The molecule has 0 saturated heterocycles. The Morgan fingerprint density at radius 1 is 1.14 bits per heavy atom. The van der Waals surface area contributed by atoms with Crippen molar-refractivity contribution in [3.8, 4) is 0 Å². The Kier molecular flexibility index (Phi) is 6.57. The van der Waals surface area contributed by atoms with Crippen molar-refractivity contribution in [2.24, 2.45) is 0 Å². The van der Waals surface area contributed by atoms with Gasteiger partial charge in [0.15, 0.2) is 5.13 Å². The van der Waals surface area contributed by atoms with Crippen LogP contribution in [-0.2, 0) is 17.6 Å². The van der Waals surface area contributed by atoms with Crippen LogP contribution in [0.25, 0.3) is 0 Å². The molecule has 0 saturated carbocycles. The number of halogens is 1. The van der Waals surface area contributed by atoms with E-state index in [1.54, 1.807) is 5.38 Å². The maximum absolute atomic E-state index is 12.1. The molecule has 0 fully saturated rings. The summed E-state index contributed by atoms with van der Waals surface area (Å²) in [5.74, 6) is -0.526. The number of aromatic nitrogens is 2. The molecule has 0 aliphatic heterocycles. The standard InChI is InChI=1S/C19H17ClN4O3S/c20-14-4-1-12(2-5-14)7-8-21-17(26)9-15-11-28-19(23-15)24-18(27)13-3-6-16(25)22-10-13/h1-6,10-11H,7-9H2,(H,21,26)(H,22,25)(H,23,24,27). The molecular formula is C19H17ClN4O3S. The summed E-state index contributed by atoms with van der Waals surface area (Å²) in [5.41, 5.74) is 1.70. The van der Waals surface area contributed by atoms with Crippen LogP contribution in [0.5, 0.6) is 0 Å². The third kappa shape index (κ3) is 5.77.